The lowest BCUT2D eigenvalue weighted by Gasteiger charge is -2.54. The molecule has 0 aliphatic heterocycles. The van der Waals surface area contributed by atoms with Crippen molar-refractivity contribution in [1.82, 2.24) is 10.2 Å². The number of amides is 1. The monoisotopic (exact) mass is 641 g/mol. The molecule has 7 atom stereocenters. The Morgan fingerprint density at radius 3 is 2.17 bits per heavy atom. The highest BCUT2D eigenvalue weighted by Crippen LogP contribution is 2.52. The first-order valence-corrected chi connectivity index (χ1v) is 15.6. The third-order valence-corrected chi connectivity index (χ3v) is 10.3. The number of hydrogen-bond acceptors (Lipinski definition) is 10. The molecule has 11 heteroatoms. The van der Waals surface area contributed by atoms with Gasteiger partial charge in [-0.3, -0.25) is 19.2 Å². The second kappa shape index (κ2) is 12.3. The van der Waals surface area contributed by atoms with Crippen LogP contribution in [0.5, 0.6) is 11.5 Å². The zero-order chi connectivity index (χ0) is 33.8. The summed E-state index contributed by atoms with van der Waals surface area (Å²) in [5, 5.41) is 37.2. The van der Waals surface area contributed by atoms with Gasteiger partial charge in [0.25, 0.3) is 0 Å². The number of nitrogens with two attached hydrogens (primary N) is 1. The van der Waals surface area contributed by atoms with E-state index < -0.39 is 64.7 Å². The van der Waals surface area contributed by atoms with E-state index in [9.17, 15) is 34.5 Å². The summed E-state index contributed by atoms with van der Waals surface area (Å²) in [7, 11) is 4.87. The average molecular weight is 642 g/mol. The third-order valence-electron chi connectivity index (χ3n) is 10.3. The van der Waals surface area contributed by atoms with E-state index in [0.29, 0.717) is 18.7 Å². The van der Waals surface area contributed by atoms with Crippen LogP contribution in [0.2, 0.25) is 0 Å². The fourth-order valence-corrected chi connectivity index (χ4v) is 7.99. The molecule has 1 amide bonds. The van der Waals surface area contributed by atoms with E-state index in [4.69, 9.17) is 10.5 Å². The summed E-state index contributed by atoms with van der Waals surface area (Å²) in [5.41, 5.74) is 7.06. The molecule has 246 valence electrons. The number of primary amides is 1. The van der Waals surface area contributed by atoms with Gasteiger partial charge in [0.15, 0.2) is 23.0 Å². The Labute approximate surface area is 272 Å². The standard InChI is InChI=1S/C36H39N3O8/c1-39(2)30-25-15-21-14-24-23(20-8-4-18(5-9-20)16-38-17-19-6-10-22(47-3)11-7-19)12-13-26(40)28(24)31(41)27(21)33(43)36(25,46)34(44)29(32(30)42)35(37)45/h4-13,21,25,27,29-30,32,38,40,42,46H,14-17H2,1-3H3,(H2,37,45)/t21-,25-,27?,29?,30-,32?,36-/m1/s1. The van der Waals surface area contributed by atoms with Crippen LogP contribution in [0, 0.1) is 23.7 Å². The highest BCUT2D eigenvalue weighted by molar-refractivity contribution is 6.25. The molecular formula is C36H39N3O8. The Bertz CT molecular complexity index is 1740. The molecule has 0 heterocycles. The minimum absolute atomic E-state index is 0.0108. The van der Waals surface area contributed by atoms with Gasteiger partial charge in [0.2, 0.25) is 5.91 Å². The van der Waals surface area contributed by atoms with Gasteiger partial charge in [-0.15, -0.1) is 0 Å². The maximum absolute atomic E-state index is 14.1. The Kier molecular flexibility index (Phi) is 8.52. The number of aliphatic hydroxyl groups is 2. The number of fused-ring (bicyclic) bond motifs is 3. The number of phenolic OH excluding ortho intramolecular Hbond substituents is 1. The van der Waals surface area contributed by atoms with Gasteiger partial charge < -0.3 is 36.0 Å². The topological polar surface area (TPSA) is 179 Å². The summed E-state index contributed by atoms with van der Waals surface area (Å²) in [6, 6.07) is 17.9. The van der Waals surface area contributed by atoms with Crippen molar-refractivity contribution in [3.05, 3.63) is 82.9 Å². The first kappa shape index (κ1) is 32.5. The first-order valence-electron chi connectivity index (χ1n) is 15.6. The summed E-state index contributed by atoms with van der Waals surface area (Å²) >= 11 is 0. The number of carbonyl (C=O) groups is 4. The summed E-state index contributed by atoms with van der Waals surface area (Å²) in [5.74, 6) is -8.42. The van der Waals surface area contributed by atoms with Crippen LogP contribution in [0.1, 0.15) is 33.5 Å². The molecule has 6 rings (SSSR count). The maximum atomic E-state index is 14.1. The van der Waals surface area contributed by atoms with E-state index in [1.807, 2.05) is 48.5 Å². The third kappa shape index (κ3) is 5.33. The summed E-state index contributed by atoms with van der Waals surface area (Å²) in [4.78, 5) is 55.4. The smallest absolute Gasteiger partial charge is 0.230 e. The number of rotatable bonds is 8. The molecule has 0 spiro atoms. The number of benzene rings is 3. The van der Waals surface area contributed by atoms with Gasteiger partial charge in [0.1, 0.15) is 17.4 Å². The number of aromatic hydroxyl groups is 1. The Hall–Kier alpha value is -4.42. The van der Waals surface area contributed by atoms with Crippen LogP contribution in [-0.4, -0.2) is 82.4 Å². The average Bonchev–Trinajstić information content (AvgIpc) is 3.03. The normalized spacial score (nSPS) is 28.4. The number of nitrogens with one attached hydrogen (secondary N) is 1. The maximum Gasteiger partial charge on any atom is 0.230 e. The van der Waals surface area contributed by atoms with Crippen molar-refractivity contribution in [1.29, 1.82) is 0 Å². The number of carbonyl (C=O) groups excluding carboxylic acids is 4. The van der Waals surface area contributed by atoms with Crippen LogP contribution in [0.25, 0.3) is 11.1 Å². The van der Waals surface area contributed by atoms with Gasteiger partial charge in [0, 0.05) is 25.0 Å². The lowest BCUT2D eigenvalue weighted by atomic mass is 9.52. The zero-order valence-corrected chi connectivity index (χ0v) is 26.5. The predicted molar refractivity (Wildman–Crippen MR) is 171 cm³/mol. The number of methoxy groups -OCH3 is 1. The fourth-order valence-electron chi connectivity index (χ4n) is 7.99. The van der Waals surface area contributed by atoms with Crippen molar-refractivity contribution in [3.63, 3.8) is 0 Å². The number of nitrogens with zero attached hydrogens (tertiary/aromatic N) is 1. The van der Waals surface area contributed by atoms with Crippen LogP contribution < -0.4 is 15.8 Å². The summed E-state index contributed by atoms with van der Waals surface area (Å²) in [6.07, 6.45) is -1.26. The van der Waals surface area contributed by atoms with E-state index in [1.54, 1.807) is 32.2 Å². The Balaban J connectivity index is 1.28. The zero-order valence-electron chi connectivity index (χ0n) is 26.5. The minimum atomic E-state index is -2.69. The molecule has 47 heavy (non-hydrogen) atoms. The van der Waals surface area contributed by atoms with Crippen molar-refractivity contribution in [3.8, 4) is 22.6 Å². The molecular weight excluding hydrogens is 602 g/mol. The molecule has 0 aromatic heterocycles. The lowest BCUT2D eigenvalue weighted by Crippen LogP contribution is -2.75. The number of phenols is 1. The first-order chi connectivity index (χ1) is 22.4. The number of hydrogen-bond donors (Lipinski definition) is 5. The van der Waals surface area contributed by atoms with Crippen molar-refractivity contribution in [2.75, 3.05) is 21.2 Å². The van der Waals surface area contributed by atoms with Gasteiger partial charge in [-0.1, -0.05) is 42.5 Å². The second-order valence-electron chi connectivity index (χ2n) is 13.1. The molecule has 0 bridgehead atoms. The molecule has 6 N–H and O–H groups in total. The quantitative estimate of drug-likeness (QED) is 0.227. The summed E-state index contributed by atoms with van der Waals surface area (Å²) in [6.45, 7) is 1.31. The van der Waals surface area contributed by atoms with Gasteiger partial charge in [-0.25, -0.2) is 0 Å². The van der Waals surface area contributed by atoms with E-state index in [0.717, 1.165) is 28.0 Å². The van der Waals surface area contributed by atoms with Gasteiger partial charge in [0.05, 0.1) is 24.7 Å². The SMILES string of the molecule is COc1ccc(CNCc2ccc(-c3ccc(O)c4c3C[C@@H]3C[C@@H]5[C@@H](N(C)C)C(O)C(C(N)=O)C(=O)[C@]5(O)C(=O)C3C4=O)cc2)cc1. The molecule has 0 saturated heterocycles. The van der Waals surface area contributed by atoms with Gasteiger partial charge in [-0.2, -0.15) is 0 Å². The Morgan fingerprint density at radius 1 is 0.979 bits per heavy atom. The highest BCUT2D eigenvalue weighted by atomic mass is 16.5. The minimum Gasteiger partial charge on any atom is -0.507 e. The summed E-state index contributed by atoms with van der Waals surface area (Å²) < 4.78 is 5.21. The molecule has 3 aromatic carbocycles. The molecule has 0 radical (unpaired) electrons. The number of aliphatic hydroxyl groups excluding tert-OH is 1. The number of ketones is 3. The number of Topliss-reactive ketones (excluding diaryl/α,β-unsaturated/α-hetero) is 3. The fraction of sp³-hybridized carbons (Fsp3) is 0.389. The van der Waals surface area contributed by atoms with E-state index in [-0.39, 0.29) is 24.2 Å². The molecule has 3 unspecified atom stereocenters. The van der Waals surface area contributed by atoms with Crippen molar-refractivity contribution < 1.29 is 39.2 Å². The van der Waals surface area contributed by atoms with Crippen LogP contribution in [0.15, 0.2) is 60.7 Å². The lowest BCUT2D eigenvalue weighted by molar-refractivity contribution is -0.190. The van der Waals surface area contributed by atoms with Gasteiger partial charge >= 0.3 is 0 Å². The van der Waals surface area contributed by atoms with Crippen molar-refractivity contribution in [2.24, 2.45) is 29.4 Å². The molecule has 11 nitrogen and oxygen atoms in total. The van der Waals surface area contributed by atoms with Crippen molar-refractivity contribution >= 4 is 23.3 Å². The Morgan fingerprint density at radius 2 is 1.60 bits per heavy atom. The van der Waals surface area contributed by atoms with E-state index >= 15 is 0 Å². The molecule has 2 saturated carbocycles. The van der Waals surface area contributed by atoms with Crippen LogP contribution in [0.4, 0.5) is 0 Å². The predicted octanol–water partition coefficient (Wildman–Crippen LogP) is 1.62. The van der Waals surface area contributed by atoms with Crippen molar-refractivity contribution in [2.45, 2.75) is 43.7 Å². The van der Waals surface area contributed by atoms with E-state index in [1.165, 1.54) is 6.07 Å². The highest BCUT2D eigenvalue weighted by Gasteiger charge is 2.69. The van der Waals surface area contributed by atoms with Gasteiger partial charge in [-0.05, 0) is 78.9 Å². The van der Waals surface area contributed by atoms with Crippen LogP contribution in [0.3, 0.4) is 0 Å². The molecule has 3 aromatic rings. The molecule has 3 aliphatic carbocycles. The molecule has 3 aliphatic rings. The van der Waals surface area contributed by atoms with Crippen LogP contribution in [-0.2, 0) is 33.9 Å². The molecule has 2 fully saturated rings. The number of likely N-dealkylation sites (N-methyl/N-ethyl adjacent to an activating group) is 1. The van der Waals surface area contributed by atoms with Crippen LogP contribution >= 0.6 is 0 Å². The number of ether oxygens (including phenoxy) is 1. The second-order valence-corrected chi connectivity index (χ2v) is 13.1. The largest absolute Gasteiger partial charge is 0.507 e. The van der Waals surface area contributed by atoms with E-state index in [2.05, 4.69) is 5.32 Å².